The highest BCUT2D eigenvalue weighted by Crippen LogP contribution is 2.21. The van der Waals surface area contributed by atoms with Crippen LogP contribution in [0.5, 0.6) is 0 Å². The van der Waals surface area contributed by atoms with Crippen LogP contribution in [0.15, 0.2) is 52.9 Å². The number of amides is 2. The molecule has 1 N–H and O–H groups in total. The van der Waals surface area contributed by atoms with Crippen LogP contribution in [-0.2, 0) is 20.6 Å². The Labute approximate surface area is 126 Å². The lowest BCUT2D eigenvalue weighted by Crippen LogP contribution is -2.29. The molecular weight excluding hydrogens is 310 g/mol. The van der Waals surface area contributed by atoms with Crippen LogP contribution in [0.4, 0.5) is 10.8 Å². The molecule has 1 aliphatic heterocycles. The van der Waals surface area contributed by atoms with Gasteiger partial charge in [-0.15, -0.1) is 11.3 Å². The molecule has 6 nitrogen and oxygen atoms in total. The van der Waals surface area contributed by atoms with Crippen LogP contribution >= 0.6 is 11.3 Å². The number of anilines is 2. The summed E-state index contributed by atoms with van der Waals surface area (Å²) < 4.78 is 14.8. The summed E-state index contributed by atoms with van der Waals surface area (Å²) in [7, 11) is -1.45. The number of carbonyl (C=O) groups excluding carboxylic acids is 2. The van der Waals surface area contributed by atoms with Crippen LogP contribution in [0.3, 0.4) is 0 Å². The minimum Gasteiger partial charge on any atom is -0.277 e. The molecule has 1 aromatic carbocycles. The summed E-state index contributed by atoms with van der Waals surface area (Å²) in [4.78, 5) is 28.7. The molecule has 1 unspecified atom stereocenters. The number of aromatic nitrogens is 1. The summed E-state index contributed by atoms with van der Waals surface area (Å²) in [6.45, 7) is 0. The first kappa shape index (κ1) is 13.7. The molecule has 0 spiro atoms. The van der Waals surface area contributed by atoms with Crippen molar-refractivity contribution in [3.8, 4) is 0 Å². The zero-order chi connectivity index (χ0) is 14.8. The first-order chi connectivity index (χ1) is 10.1. The molecule has 2 heterocycles. The monoisotopic (exact) mass is 319 g/mol. The highest BCUT2D eigenvalue weighted by atomic mass is 32.2. The molecule has 0 saturated carbocycles. The minimum atomic E-state index is -1.45. The summed E-state index contributed by atoms with van der Waals surface area (Å²) in [6.07, 6.45) is 4.06. The van der Waals surface area contributed by atoms with Crippen molar-refractivity contribution in [2.24, 2.45) is 0 Å². The summed E-state index contributed by atoms with van der Waals surface area (Å²) in [5, 5.41) is 2.34. The maximum atomic E-state index is 12.1. The topological polar surface area (TPSA) is 79.4 Å². The van der Waals surface area contributed by atoms with E-state index in [0.717, 1.165) is 4.90 Å². The molecule has 2 amide bonds. The number of thiazole rings is 1. The molecule has 1 aliphatic rings. The Hall–Kier alpha value is -2.32. The van der Waals surface area contributed by atoms with Gasteiger partial charge in [0.15, 0.2) is 16.1 Å². The summed E-state index contributed by atoms with van der Waals surface area (Å²) >= 11 is 1.35. The Morgan fingerprint density at radius 3 is 2.33 bits per heavy atom. The van der Waals surface area contributed by atoms with Crippen molar-refractivity contribution in [1.82, 2.24) is 4.98 Å². The Balaban J connectivity index is 1.76. The fourth-order valence-corrected chi connectivity index (χ4v) is 3.29. The molecule has 0 fully saturated rings. The van der Waals surface area contributed by atoms with Gasteiger partial charge < -0.3 is 0 Å². The van der Waals surface area contributed by atoms with Crippen LogP contribution in [0.25, 0.3) is 0 Å². The van der Waals surface area contributed by atoms with Crippen LogP contribution in [-0.4, -0.2) is 21.0 Å². The molecule has 2 aromatic rings. The molecule has 1 aromatic heterocycles. The molecular formula is C13H9N3O3S2. The van der Waals surface area contributed by atoms with E-state index in [1.54, 1.807) is 35.8 Å². The maximum Gasteiger partial charge on any atom is 0.258 e. The third-order valence-corrected chi connectivity index (χ3v) is 4.63. The maximum absolute atomic E-state index is 12.1. The molecule has 0 radical (unpaired) electrons. The summed E-state index contributed by atoms with van der Waals surface area (Å²) in [5.41, 5.74) is 0.449. The van der Waals surface area contributed by atoms with E-state index in [0.29, 0.717) is 15.7 Å². The number of imide groups is 1. The molecule has 1 atom stereocenters. The second-order valence-corrected chi connectivity index (χ2v) is 6.15. The number of hydrogen-bond acceptors (Lipinski definition) is 5. The van der Waals surface area contributed by atoms with Crippen molar-refractivity contribution in [2.45, 2.75) is 4.90 Å². The SMILES string of the molecule is O=C1C=CC(=O)N1c1ccc(S(=O)Nc2nccs2)cc1. The number of hydrogen-bond donors (Lipinski definition) is 1. The van der Waals surface area contributed by atoms with Gasteiger partial charge >= 0.3 is 0 Å². The molecule has 0 bridgehead atoms. The van der Waals surface area contributed by atoms with E-state index in [-0.39, 0.29) is 11.8 Å². The fourth-order valence-electron chi connectivity index (χ4n) is 1.79. The van der Waals surface area contributed by atoms with Gasteiger partial charge in [-0.2, -0.15) is 0 Å². The molecule has 0 saturated heterocycles. The zero-order valence-corrected chi connectivity index (χ0v) is 12.2. The lowest BCUT2D eigenvalue weighted by molar-refractivity contribution is -0.119. The second kappa shape index (κ2) is 5.58. The number of nitrogens with zero attached hydrogens (tertiary/aromatic N) is 2. The molecule has 8 heteroatoms. The average molecular weight is 319 g/mol. The van der Waals surface area contributed by atoms with E-state index in [9.17, 15) is 13.8 Å². The van der Waals surface area contributed by atoms with Crippen molar-refractivity contribution in [2.75, 3.05) is 9.62 Å². The van der Waals surface area contributed by atoms with Gasteiger partial charge in [-0.25, -0.2) is 14.1 Å². The number of benzene rings is 1. The zero-order valence-electron chi connectivity index (χ0n) is 10.6. The van der Waals surface area contributed by atoms with Crippen molar-refractivity contribution in [3.63, 3.8) is 0 Å². The number of nitrogens with one attached hydrogen (secondary N) is 1. The second-order valence-electron chi connectivity index (χ2n) is 4.05. The lowest BCUT2D eigenvalue weighted by atomic mass is 10.3. The molecule has 0 aliphatic carbocycles. The predicted molar refractivity (Wildman–Crippen MR) is 80.2 cm³/mol. The highest BCUT2D eigenvalue weighted by molar-refractivity contribution is 7.86. The van der Waals surface area contributed by atoms with Crippen molar-refractivity contribution >= 4 is 45.0 Å². The Morgan fingerprint density at radius 1 is 1.10 bits per heavy atom. The van der Waals surface area contributed by atoms with Crippen LogP contribution in [0, 0.1) is 0 Å². The third kappa shape index (κ3) is 2.76. The largest absolute Gasteiger partial charge is 0.277 e. The summed E-state index contributed by atoms with van der Waals surface area (Å²) in [5.74, 6) is -0.760. The van der Waals surface area contributed by atoms with E-state index >= 15 is 0 Å². The van der Waals surface area contributed by atoms with Crippen LogP contribution in [0.1, 0.15) is 0 Å². The Bertz CT molecular complexity index is 721. The minimum absolute atomic E-state index is 0.380. The normalized spacial score (nSPS) is 15.5. The van der Waals surface area contributed by atoms with Crippen molar-refractivity contribution < 1.29 is 13.8 Å². The van der Waals surface area contributed by atoms with Crippen LogP contribution < -0.4 is 9.62 Å². The number of carbonyl (C=O) groups is 2. The van der Waals surface area contributed by atoms with Gasteiger partial charge in [0.05, 0.1) is 10.6 Å². The first-order valence-corrected chi connectivity index (χ1v) is 7.92. The van der Waals surface area contributed by atoms with Gasteiger partial charge in [-0.05, 0) is 24.3 Å². The molecule has 106 valence electrons. The van der Waals surface area contributed by atoms with E-state index in [4.69, 9.17) is 0 Å². The smallest absolute Gasteiger partial charge is 0.258 e. The van der Waals surface area contributed by atoms with E-state index < -0.39 is 11.0 Å². The lowest BCUT2D eigenvalue weighted by Gasteiger charge is -2.14. The van der Waals surface area contributed by atoms with E-state index in [1.807, 2.05) is 0 Å². The van der Waals surface area contributed by atoms with Crippen molar-refractivity contribution in [1.29, 1.82) is 0 Å². The van der Waals surface area contributed by atoms with Crippen LogP contribution in [0.2, 0.25) is 0 Å². The molecule has 3 rings (SSSR count). The first-order valence-electron chi connectivity index (χ1n) is 5.89. The van der Waals surface area contributed by atoms with E-state index in [2.05, 4.69) is 9.71 Å². The highest BCUT2D eigenvalue weighted by Gasteiger charge is 2.25. The Morgan fingerprint density at radius 2 is 1.76 bits per heavy atom. The van der Waals surface area contributed by atoms with Gasteiger partial charge in [0.25, 0.3) is 11.8 Å². The summed E-state index contributed by atoms with van der Waals surface area (Å²) in [6, 6.07) is 6.37. The third-order valence-electron chi connectivity index (χ3n) is 2.73. The van der Waals surface area contributed by atoms with Crippen molar-refractivity contribution in [3.05, 3.63) is 48.0 Å². The fraction of sp³-hybridized carbons (Fsp3) is 0. The Kier molecular flexibility index (Phi) is 3.63. The molecule has 21 heavy (non-hydrogen) atoms. The van der Waals surface area contributed by atoms with Gasteiger partial charge in [-0.3, -0.25) is 14.3 Å². The van der Waals surface area contributed by atoms with E-state index in [1.165, 1.54) is 23.5 Å². The number of rotatable bonds is 4. The van der Waals surface area contributed by atoms with Gasteiger partial charge in [0, 0.05) is 23.7 Å². The quantitative estimate of drug-likeness (QED) is 0.870. The van der Waals surface area contributed by atoms with Gasteiger partial charge in [-0.1, -0.05) is 0 Å². The predicted octanol–water partition coefficient (Wildman–Crippen LogP) is 1.71. The standard InChI is InChI=1S/C13H9N3O3S2/c17-11-5-6-12(18)16(11)9-1-3-10(4-2-9)21(19)15-13-14-7-8-20-13/h1-8H,(H,14,15). The van der Waals surface area contributed by atoms with Gasteiger partial charge in [0.2, 0.25) is 0 Å². The van der Waals surface area contributed by atoms with Gasteiger partial charge in [0.1, 0.15) is 0 Å². The average Bonchev–Trinajstić information content (AvgIpc) is 3.09.